The fraction of sp³-hybridized carbons (Fsp3) is 0.538. The summed E-state index contributed by atoms with van der Waals surface area (Å²) in [6.07, 6.45) is 1.54. The van der Waals surface area contributed by atoms with Gasteiger partial charge in [-0.05, 0) is 31.9 Å². The molecular weight excluding hydrogens is 244 g/mol. The number of rotatable bonds is 4. The van der Waals surface area contributed by atoms with Gasteiger partial charge in [-0.2, -0.15) is 4.98 Å². The molecule has 2 heterocycles. The van der Waals surface area contributed by atoms with E-state index in [1.165, 1.54) is 0 Å². The van der Waals surface area contributed by atoms with E-state index >= 15 is 0 Å². The molecule has 1 amide bonds. The van der Waals surface area contributed by atoms with Gasteiger partial charge in [0.1, 0.15) is 5.82 Å². The smallest absolute Gasteiger partial charge is 0.239 e. The van der Waals surface area contributed by atoms with Crippen LogP contribution in [0.25, 0.3) is 0 Å². The molecule has 1 saturated heterocycles. The van der Waals surface area contributed by atoms with E-state index in [9.17, 15) is 4.79 Å². The number of hydrogen-bond acceptors (Lipinski definition) is 5. The van der Waals surface area contributed by atoms with Crippen LogP contribution in [0, 0.1) is 5.92 Å². The highest BCUT2D eigenvalue weighted by atomic mass is 16.5. The van der Waals surface area contributed by atoms with Crippen LogP contribution in [-0.4, -0.2) is 30.6 Å². The van der Waals surface area contributed by atoms with Crippen LogP contribution in [0.15, 0.2) is 12.1 Å². The normalized spacial score (nSPS) is 16.4. The van der Waals surface area contributed by atoms with Gasteiger partial charge in [0.25, 0.3) is 0 Å². The Balaban J connectivity index is 2.07. The van der Waals surface area contributed by atoms with Crippen LogP contribution >= 0.6 is 0 Å². The molecule has 1 aromatic heterocycles. The zero-order valence-corrected chi connectivity index (χ0v) is 11.1. The SMILES string of the molecule is CCOc1nc(N2CCC(C(N)=O)CC2)ccc1N. The van der Waals surface area contributed by atoms with E-state index in [1.54, 1.807) is 6.07 Å². The lowest BCUT2D eigenvalue weighted by Crippen LogP contribution is -2.38. The molecule has 1 fully saturated rings. The van der Waals surface area contributed by atoms with Crippen molar-refractivity contribution in [3.05, 3.63) is 12.1 Å². The van der Waals surface area contributed by atoms with Crippen molar-refractivity contribution in [2.24, 2.45) is 11.7 Å². The maximum Gasteiger partial charge on any atom is 0.239 e. The van der Waals surface area contributed by atoms with Gasteiger partial charge in [-0.25, -0.2) is 0 Å². The molecule has 6 nitrogen and oxygen atoms in total. The van der Waals surface area contributed by atoms with Crippen LogP contribution in [0.1, 0.15) is 19.8 Å². The van der Waals surface area contributed by atoms with Crippen LogP contribution in [0.5, 0.6) is 5.88 Å². The monoisotopic (exact) mass is 264 g/mol. The number of carbonyl (C=O) groups is 1. The second kappa shape index (κ2) is 5.77. The molecule has 1 aliphatic heterocycles. The number of amides is 1. The first kappa shape index (κ1) is 13.5. The number of hydrogen-bond donors (Lipinski definition) is 2. The molecule has 0 aliphatic carbocycles. The molecule has 2 rings (SSSR count). The van der Waals surface area contributed by atoms with Gasteiger partial charge in [0.05, 0.1) is 12.3 Å². The van der Waals surface area contributed by atoms with Gasteiger partial charge in [0.2, 0.25) is 11.8 Å². The highest BCUT2D eigenvalue weighted by Crippen LogP contribution is 2.26. The van der Waals surface area contributed by atoms with Gasteiger partial charge in [-0.1, -0.05) is 0 Å². The molecule has 0 radical (unpaired) electrons. The summed E-state index contributed by atoms with van der Waals surface area (Å²) in [6, 6.07) is 3.68. The van der Waals surface area contributed by atoms with Crippen molar-refractivity contribution in [3.8, 4) is 5.88 Å². The zero-order valence-electron chi connectivity index (χ0n) is 11.1. The van der Waals surface area contributed by atoms with E-state index in [0.29, 0.717) is 18.2 Å². The third-order valence-corrected chi connectivity index (χ3v) is 3.38. The fourth-order valence-electron chi connectivity index (χ4n) is 2.26. The molecule has 19 heavy (non-hydrogen) atoms. The number of ether oxygens (including phenoxy) is 1. The molecule has 4 N–H and O–H groups in total. The van der Waals surface area contributed by atoms with E-state index in [4.69, 9.17) is 16.2 Å². The van der Waals surface area contributed by atoms with E-state index in [0.717, 1.165) is 31.7 Å². The largest absolute Gasteiger partial charge is 0.476 e. The first-order valence-electron chi connectivity index (χ1n) is 6.55. The molecule has 0 atom stereocenters. The molecule has 0 bridgehead atoms. The highest BCUT2D eigenvalue weighted by Gasteiger charge is 2.24. The van der Waals surface area contributed by atoms with Crippen LogP contribution in [0.4, 0.5) is 11.5 Å². The van der Waals surface area contributed by atoms with Crippen molar-refractivity contribution in [2.75, 3.05) is 30.3 Å². The summed E-state index contributed by atoms with van der Waals surface area (Å²) < 4.78 is 5.39. The third kappa shape index (κ3) is 3.07. The van der Waals surface area contributed by atoms with E-state index in [2.05, 4.69) is 9.88 Å². The Kier molecular flexibility index (Phi) is 4.09. The maximum atomic E-state index is 11.1. The molecule has 0 aromatic carbocycles. The van der Waals surface area contributed by atoms with Crippen LogP contribution in [-0.2, 0) is 4.79 Å². The number of primary amides is 1. The van der Waals surface area contributed by atoms with Crippen molar-refractivity contribution in [2.45, 2.75) is 19.8 Å². The number of nitrogens with zero attached hydrogens (tertiary/aromatic N) is 2. The molecule has 0 spiro atoms. The van der Waals surface area contributed by atoms with Gasteiger partial charge in [0, 0.05) is 19.0 Å². The van der Waals surface area contributed by atoms with Crippen molar-refractivity contribution >= 4 is 17.4 Å². The number of aromatic nitrogens is 1. The summed E-state index contributed by atoms with van der Waals surface area (Å²) in [7, 11) is 0. The Morgan fingerprint density at radius 3 is 2.74 bits per heavy atom. The van der Waals surface area contributed by atoms with Crippen LogP contribution < -0.4 is 21.1 Å². The Labute approximate surface area is 112 Å². The first-order chi connectivity index (χ1) is 9.11. The van der Waals surface area contributed by atoms with E-state index < -0.39 is 0 Å². The molecule has 6 heteroatoms. The lowest BCUT2D eigenvalue weighted by molar-refractivity contribution is -0.122. The summed E-state index contributed by atoms with van der Waals surface area (Å²) in [6.45, 7) is 3.97. The number of nitrogen functional groups attached to an aromatic ring is 1. The Hall–Kier alpha value is -1.98. The molecule has 104 valence electrons. The summed E-state index contributed by atoms with van der Waals surface area (Å²) in [5.41, 5.74) is 11.7. The molecule has 1 aliphatic rings. The lowest BCUT2D eigenvalue weighted by atomic mass is 9.96. The number of pyridine rings is 1. The first-order valence-corrected chi connectivity index (χ1v) is 6.55. The summed E-state index contributed by atoms with van der Waals surface area (Å²) in [4.78, 5) is 17.7. The van der Waals surface area contributed by atoms with Gasteiger partial charge in [-0.15, -0.1) is 0 Å². The van der Waals surface area contributed by atoms with Crippen molar-refractivity contribution in [3.63, 3.8) is 0 Å². The van der Waals surface area contributed by atoms with E-state index in [-0.39, 0.29) is 11.8 Å². The average molecular weight is 264 g/mol. The third-order valence-electron chi connectivity index (χ3n) is 3.38. The van der Waals surface area contributed by atoms with Crippen molar-refractivity contribution < 1.29 is 9.53 Å². The summed E-state index contributed by atoms with van der Waals surface area (Å²) >= 11 is 0. The number of anilines is 2. The summed E-state index contributed by atoms with van der Waals surface area (Å²) in [5, 5.41) is 0. The van der Waals surface area contributed by atoms with Crippen LogP contribution in [0.2, 0.25) is 0 Å². The number of piperidine rings is 1. The quantitative estimate of drug-likeness (QED) is 0.837. The minimum atomic E-state index is -0.208. The van der Waals surface area contributed by atoms with Gasteiger partial charge < -0.3 is 21.1 Å². The Morgan fingerprint density at radius 1 is 1.47 bits per heavy atom. The molecule has 0 saturated carbocycles. The molecular formula is C13H20N4O2. The van der Waals surface area contributed by atoms with E-state index in [1.807, 2.05) is 13.0 Å². The Morgan fingerprint density at radius 2 is 2.16 bits per heavy atom. The predicted octanol–water partition coefficient (Wildman–Crippen LogP) is 0.764. The predicted molar refractivity (Wildman–Crippen MR) is 73.9 cm³/mol. The highest BCUT2D eigenvalue weighted by molar-refractivity contribution is 5.77. The minimum absolute atomic E-state index is 0.0172. The maximum absolute atomic E-state index is 11.1. The summed E-state index contributed by atoms with van der Waals surface area (Å²) in [5.74, 6) is 1.08. The minimum Gasteiger partial charge on any atom is -0.476 e. The average Bonchev–Trinajstić information content (AvgIpc) is 2.41. The number of nitrogens with two attached hydrogens (primary N) is 2. The second-order valence-corrected chi connectivity index (χ2v) is 4.66. The fourth-order valence-corrected chi connectivity index (χ4v) is 2.26. The topological polar surface area (TPSA) is 94.5 Å². The van der Waals surface area contributed by atoms with Gasteiger partial charge >= 0.3 is 0 Å². The second-order valence-electron chi connectivity index (χ2n) is 4.66. The van der Waals surface area contributed by atoms with Crippen molar-refractivity contribution in [1.29, 1.82) is 0 Å². The standard InChI is InChI=1S/C13H20N4O2/c1-2-19-13-10(14)3-4-11(16-13)17-7-5-9(6-8-17)12(15)18/h3-4,9H,2,5-8,14H2,1H3,(H2,15,18). The number of carbonyl (C=O) groups excluding carboxylic acids is 1. The van der Waals surface area contributed by atoms with Crippen molar-refractivity contribution in [1.82, 2.24) is 4.98 Å². The van der Waals surface area contributed by atoms with Gasteiger partial charge in [-0.3, -0.25) is 4.79 Å². The Bertz CT molecular complexity index is 456. The lowest BCUT2D eigenvalue weighted by Gasteiger charge is -2.31. The van der Waals surface area contributed by atoms with Crippen LogP contribution in [0.3, 0.4) is 0 Å². The molecule has 1 aromatic rings. The molecule has 0 unspecified atom stereocenters. The van der Waals surface area contributed by atoms with Gasteiger partial charge in [0.15, 0.2) is 0 Å². The zero-order chi connectivity index (χ0) is 13.8.